The summed E-state index contributed by atoms with van der Waals surface area (Å²) in [5.74, 6) is 0. The fourth-order valence-corrected chi connectivity index (χ4v) is 0.773. The van der Waals surface area contributed by atoms with E-state index in [0.29, 0.717) is 6.54 Å². The highest BCUT2D eigenvalue weighted by Gasteiger charge is 2.14. The topological polar surface area (TPSA) is 40.5 Å². The Kier molecular flexibility index (Phi) is 4.60. The molecule has 0 saturated carbocycles. The highest BCUT2D eigenvalue weighted by atomic mass is 16.6. The largest absolute Gasteiger partial charge is 0.345 e. The zero-order valence-electron chi connectivity index (χ0n) is 6.88. The second-order valence-corrected chi connectivity index (χ2v) is 2.91. The van der Waals surface area contributed by atoms with Gasteiger partial charge in [-0.2, -0.15) is 4.65 Å². The van der Waals surface area contributed by atoms with Crippen LogP contribution < -0.4 is 0 Å². The summed E-state index contributed by atoms with van der Waals surface area (Å²) in [6, 6.07) is 0. The Morgan fingerprint density at radius 1 is 1.30 bits per heavy atom. The first-order valence-corrected chi connectivity index (χ1v) is 3.80. The van der Waals surface area contributed by atoms with Crippen LogP contribution in [0.25, 0.3) is 0 Å². The van der Waals surface area contributed by atoms with Crippen LogP contribution >= 0.6 is 0 Å². The molecule has 0 aromatic carbocycles. The quantitative estimate of drug-likeness (QED) is 0.264. The minimum absolute atomic E-state index is 0.191. The van der Waals surface area contributed by atoms with Gasteiger partial charge in [0.25, 0.3) is 0 Å². The van der Waals surface area contributed by atoms with Gasteiger partial charge < -0.3 is 5.11 Å². The molecule has 0 radical (unpaired) electrons. The molecular weight excluding hydrogens is 130 g/mol. The number of unbranched alkanes of at least 4 members (excludes halogenated alkanes) is 2. The van der Waals surface area contributed by atoms with Gasteiger partial charge in [-0.15, -0.1) is 0 Å². The van der Waals surface area contributed by atoms with Gasteiger partial charge in [-0.1, -0.05) is 13.3 Å². The predicted octanol–water partition coefficient (Wildman–Crippen LogP) is 0.962. The maximum atomic E-state index is 9.24. The molecule has 0 amide bonds. The first kappa shape index (κ1) is 9.88. The lowest BCUT2D eigenvalue weighted by Crippen LogP contribution is -2.41. The first-order valence-electron chi connectivity index (χ1n) is 3.80. The van der Waals surface area contributed by atoms with Crippen LogP contribution in [-0.4, -0.2) is 35.3 Å². The molecular formula is C7H18NO2+. The van der Waals surface area contributed by atoms with Crippen molar-refractivity contribution in [2.45, 2.75) is 26.2 Å². The predicted molar refractivity (Wildman–Crippen MR) is 39.4 cm³/mol. The van der Waals surface area contributed by atoms with Gasteiger partial charge in [0.2, 0.25) is 6.73 Å². The Bertz CT molecular complexity index is 83.7. The van der Waals surface area contributed by atoms with Crippen molar-refractivity contribution in [1.82, 2.24) is 0 Å². The van der Waals surface area contributed by atoms with E-state index in [1.807, 2.05) is 0 Å². The van der Waals surface area contributed by atoms with E-state index in [2.05, 4.69) is 6.92 Å². The van der Waals surface area contributed by atoms with Crippen LogP contribution in [0, 0.1) is 0 Å². The number of hydrogen-bond donors (Lipinski definition) is 2. The third-order valence-electron chi connectivity index (χ3n) is 1.55. The molecule has 0 aliphatic rings. The molecule has 0 saturated heterocycles. The third-order valence-corrected chi connectivity index (χ3v) is 1.55. The smallest absolute Gasteiger partial charge is 0.210 e. The molecule has 10 heavy (non-hydrogen) atoms. The molecule has 3 heteroatoms. The van der Waals surface area contributed by atoms with Crippen LogP contribution in [0.5, 0.6) is 0 Å². The Morgan fingerprint density at radius 3 is 2.30 bits per heavy atom. The van der Waals surface area contributed by atoms with E-state index in [0.717, 1.165) is 19.3 Å². The Labute approximate surface area is 62.4 Å². The normalized spacial score (nSPS) is 16.8. The molecule has 0 aromatic rings. The van der Waals surface area contributed by atoms with Crippen LogP contribution in [0.3, 0.4) is 0 Å². The van der Waals surface area contributed by atoms with Crippen LogP contribution in [0.1, 0.15) is 26.2 Å². The van der Waals surface area contributed by atoms with Crippen molar-refractivity contribution < 1.29 is 15.0 Å². The van der Waals surface area contributed by atoms with E-state index in [1.54, 1.807) is 7.05 Å². The van der Waals surface area contributed by atoms with Crippen molar-refractivity contribution in [3.63, 3.8) is 0 Å². The van der Waals surface area contributed by atoms with Gasteiger partial charge in [-0.05, 0) is 12.8 Å². The summed E-state index contributed by atoms with van der Waals surface area (Å²) in [7, 11) is 1.61. The van der Waals surface area contributed by atoms with Crippen molar-refractivity contribution in [3.05, 3.63) is 0 Å². The monoisotopic (exact) mass is 148 g/mol. The summed E-state index contributed by atoms with van der Waals surface area (Å²) in [4.78, 5) is 0. The summed E-state index contributed by atoms with van der Waals surface area (Å²) >= 11 is 0. The van der Waals surface area contributed by atoms with Crippen molar-refractivity contribution in [2.75, 3.05) is 20.3 Å². The van der Waals surface area contributed by atoms with Gasteiger partial charge in [-0.25, -0.2) is 5.21 Å². The standard InChI is InChI=1S/C7H18NO2/c1-3-4-5-6-8(2,10)7-9/h9-10H,3-7H2,1-2H3/q+1/t8-/m0/s1. The molecule has 0 aliphatic carbocycles. The fourth-order valence-electron chi connectivity index (χ4n) is 0.773. The van der Waals surface area contributed by atoms with Crippen molar-refractivity contribution in [2.24, 2.45) is 0 Å². The van der Waals surface area contributed by atoms with E-state index < -0.39 is 0 Å². The Balaban J connectivity index is 3.28. The number of hydroxylamine groups is 3. The third kappa shape index (κ3) is 4.73. The summed E-state index contributed by atoms with van der Waals surface area (Å²) in [5.41, 5.74) is 0. The van der Waals surface area contributed by atoms with Gasteiger partial charge in [0.05, 0.1) is 0 Å². The number of nitrogens with zero attached hydrogens (tertiary/aromatic N) is 1. The van der Waals surface area contributed by atoms with Gasteiger partial charge in [-0.3, -0.25) is 0 Å². The minimum atomic E-state index is -0.264. The molecule has 0 aliphatic heterocycles. The Hall–Kier alpha value is -0.120. The molecule has 2 N–H and O–H groups in total. The molecule has 0 fully saturated rings. The second kappa shape index (κ2) is 4.66. The lowest BCUT2D eigenvalue weighted by atomic mass is 10.2. The van der Waals surface area contributed by atoms with Crippen LogP contribution in [0.2, 0.25) is 0 Å². The average Bonchev–Trinajstić information content (AvgIpc) is 1.89. The molecule has 0 unspecified atom stereocenters. The maximum Gasteiger partial charge on any atom is 0.210 e. The highest BCUT2D eigenvalue weighted by Crippen LogP contribution is 2.00. The number of quaternary nitrogens is 1. The van der Waals surface area contributed by atoms with Gasteiger partial charge in [0.15, 0.2) is 0 Å². The highest BCUT2D eigenvalue weighted by molar-refractivity contribution is 4.33. The molecule has 0 spiro atoms. The fraction of sp³-hybridized carbons (Fsp3) is 1.00. The second-order valence-electron chi connectivity index (χ2n) is 2.91. The molecule has 62 valence electrons. The lowest BCUT2D eigenvalue weighted by Gasteiger charge is -2.21. The van der Waals surface area contributed by atoms with Gasteiger partial charge in [0, 0.05) is 0 Å². The summed E-state index contributed by atoms with van der Waals surface area (Å²) < 4.78 is -0.264. The summed E-state index contributed by atoms with van der Waals surface area (Å²) in [6.45, 7) is 2.56. The van der Waals surface area contributed by atoms with Gasteiger partial charge >= 0.3 is 0 Å². The van der Waals surface area contributed by atoms with Crippen molar-refractivity contribution in [3.8, 4) is 0 Å². The maximum absolute atomic E-state index is 9.24. The van der Waals surface area contributed by atoms with E-state index in [-0.39, 0.29) is 11.4 Å². The van der Waals surface area contributed by atoms with E-state index in [4.69, 9.17) is 5.11 Å². The van der Waals surface area contributed by atoms with Crippen LogP contribution in [0.4, 0.5) is 0 Å². The number of aliphatic hydroxyl groups excluding tert-OH is 1. The lowest BCUT2D eigenvalue weighted by molar-refractivity contribution is -1.10. The van der Waals surface area contributed by atoms with E-state index >= 15 is 0 Å². The molecule has 0 bridgehead atoms. The van der Waals surface area contributed by atoms with E-state index in [1.165, 1.54) is 0 Å². The van der Waals surface area contributed by atoms with Crippen LogP contribution in [0.15, 0.2) is 0 Å². The zero-order chi connectivity index (χ0) is 8.04. The van der Waals surface area contributed by atoms with Crippen LogP contribution in [-0.2, 0) is 0 Å². The first-order chi connectivity index (χ1) is 4.62. The molecule has 0 rings (SSSR count). The SMILES string of the molecule is CCCCC[N@+](C)(O)CO. The number of hydrogen-bond acceptors (Lipinski definition) is 2. The van der Waals surface area contributed by atoms with Crippen molar-refractivity contribution in [1.29, 1.82) is 0 Å². The molecule has 1 atom stereocenters. The molecule has 3 nitrogen and oxygen atoms in total. The summed E-state index contributed by atoms with van der Waals surface area (Å²) in [5, 5.41) is 17.9. The number of aliphatic hydroxyl groups is 1. The van der Waals surface area contributed by atoms with Gasteiger partial charge in [0.1, 0.15) is 13.6 Å². The van der Waals surface area contributed by atoms with Crippen molar-refractivity contribution >= 4 is 0 Å². The zero-order valence-corrected chi connectivity index (χ0v) is 6.88. The summed E-state index contributed by atoms with van der Waals surface area (Å²) in [6.07, 6.45) is 3.24. The van der Waals surface area contributed by atoms with E-state index in [9.17, 15) is 5.21 Å². The average molecular weight is 148 g/mol. The number of rotatable bonds is 5. The molecule has 0 aromatic heterocycles. The minimum Gasteiger partial charge on any atom is -0.345 e. The Morgan fingerprint density at radius 2 is 1.90 bits per heavy atom. The molecule has 0 heterocycles.